The van der Waals surface area contributed by atoms with Gasteiger partial charge < -0.3 is 5.73 Å². The minimum Gasteiger partial charge on any atom is -0.329 e. The molecule has 1 aromatic heterocycles. The van der Waals surface area contributed by atoms with E-state index in [4.69, 9.17) is 5.73 Å². The minimum atomic E-state index is -0.216. The number of rotatable bonds is 2. The number of carbonyl (C=O) groups is 2. The third-order valence-electron chi connectivity index (χ3n) is 1.97. The van der Waals surface area contributed by atoms with Gasteiger partial charge in [-0.25, -0.2) is 0 Å². The molecule has 1 aliphatic rings. The maximum Gasteiger partial charge on any atom is 0.262 e. The van der Waals surface area contributed by atoms with Gasteiger partial charge in [0.05, 0.1) is 11.1 Å². The number of fused-ring (bicyclic) bond motifs is 1. The third kappa shape index (κ3) is 1.08. The first-order chi connectivity index (χ1) is 6.25. The molecule has 1 aliphatic heterocycles. The number of thiophene rings is 1. The number of nitrogens with two attached hydrogens (primary N) is 1. The van der Waals surface area contributed by atoms with Crippen LogP contribution in [0.5, 0.6) is 0 Å². The van der Waals surface area contributed by atoms with E-state index in [0.717, 1.165) is 0 Å². The maximum atomic E-state index is 11.5. The van der Waals surface area contributed by atoms with Crippen molar-refractivity contribution in [2.75, 3.05) is 13.1 Å². The minimum absolute atomic E-state index is 0.216. The summed E-state index contributed by atoms with van der Waals surface area (Å²) in [5.41, 5.74) is 6.33. The largest absolute Gasteiger partial charge is 0.329 e. The summed E-state index contributed by atoms with van der Waals surface area (Å²) < 4.78 is 0. The van der Waals surface area contributed by atoms with Crippen molar-refractivity contribution in [1.82, 2.24) is 4.90 Å². The molecule has 0 bridgehead atoms. The van der Waals surface area contributed by atoms with Crippen LogP contribution in [0.3, 0.4) is 0 Å². The monoisotopic (exact) mass is 196 g/mol. The lowest BCUT2D eigenvalue weighted by Gasteiger charge is -2.11. The van der Waals surface area contributed by atoms with Crippen molar-refractivity contribution in [2.45, 2.75) is 0 Å². The van der Waals surface area contributed by atoms with Crippen LogP contribution in [-0.2, 0) is 0 Å². The van der Waals surface area contributed by atoms with Gasteiger partial charge in [0.2, 0.25) is 0 Å². The van der Waals surface area contributed by atoms with E-state index in [1.807, 2.05) is 0 Å². The first-order valence-electron chi connectivity index (χ1n) is 3.88. The lowest BCUT2D eigenvalue weighted by Crippen LogP contribution is -2.34. The van der Waals surface area contributed by atoms with Crippen molar-refractivity contribution in [3.05, 3.63) is 21.9 Å². The molecule has 0 aliphatic carbocycles. The maximum absolute atomic E-state index is 11.5. The zero-order valence-corrected chi connectivity index (χ0v) is 7.63. The second-order valence-corrected chi connectivity index (χ2v) is 3.49. The Labute approximate surface area is 78.9 Å². The fraction of sp³-hybridized carbons (Fsp3) is 0.250. The Morgan fingerprint density at radius 2 is 1.77 bits per heavy atom. The Bertz CT molecular complexity index is 341. The number of hydrogen-bond donors (Lipinski definition) is 1. The molecule has 2 heterocycles. The number of hydrogen-bond acceptors (Lipinski definition) is 4. The molecule has 0 radical (unpaired) electrons. The molecule has 2 rings (SSSR count). The molecule has 0 fully saturated rings. The van der Waals surface area contributed by atoms with Crippen molar-refractivity contribution in [2.24, 2.45) is 5.73 Å². The summed E-state index contributed by atoms with van der Waals surface area (Å²) >= 11 is 1.37. The van der Waals surface area contributed by atoms with Crippen LogP contribution >= 0.6 is 11.3 Å². The van der Waals surface area contributed by atoms with Gasteiger partial charge in [0.25, 0.3) is 11.8 Å². The summed E-state index contributed by atoms with van der Waals surface area (Å²) in [4.78, 5) is 24.2. The molecule has 2 amide bonds. The average molecular weight is 196 g/mol. The van der Waals surface area contributed by atoms with Gasteiger partial charge in [-0.05, 0) is 0 Å². The zero-order chi connectivity index (χ0) is 9.42. The van der Waals surface area contributed by atoms with E-state index >= 15 is 0 Å². The van der Waals surface area contributed by atoms with Crippen molar-refractivity contribution >= 4 is 23.2 Å². The second-order valence-electron chi connectivity index (χ2n) is 2.75. The molecule has 13 heavy (non-hydrogen) atoms. The number of amides is 2. The topological polar surface area (TPSA) is 63.4 Å². The SMILES string of the molecule is NCCN1C(=O)c2cscc2C1=O. The van der Waals surface area contributed by atoms with Gasteiger partial charge in [-0.3, -0.25) is 14.5 Å². The molecule has 2 N–H and O–H groups in total. The van der Waals surface area contributed by atoms with Crippen LogP contribution < -0.4 is 5.73 Å². The van der Waals surface area contributed by atoms with Crippen molar-refractivity contribution < 1.29 is 9.59 Å². The number of carbonyl (C=O) groups excluding carboxylic acids is 2. The second kappa shape index (κ2) is 2.93. The van der Waals surface area contributed by atoms with Crippen LogP contribution in [0, 0.1) is 0 Å². The lowest BCUT2D eigenvalue weighted by atomic mass is 10.2. The van der Waals surface area contributed by atoms with Gasteiger partial charge in [-0.1, -0.05) is 0 Å². The van der Waals surface area contributed by atoms with Gasteiger partial charge in [-0.2, -0.15) is 11.3 Å². The molecular weight excluding hydrogens is 188 g/mol. The summed E-state index contributed by atoms with van der Waals surface area (Å²) in [5, 5.41) is 3.40. The van der Waals surface area contributed by atoms with Crippen molar-refractivity contribution in [3.8, 4) is 0 Å². The van der Waals surface area contributed by atoms with Crippen molar-refractivity contribution in [3.63, 3.8) is 0 Å². The predicted molar refractivity (Wildman–Crippen MR) is 48.7 cm³/mol. The van der Waals surface area contributed by atoms with Crippen LogP contribution in [0.15, 0.2) is 10.8 Å². The Hall–Kier alpha value is -1.20. The van der Waals surface area contributed by atoms with Crippen LogP contribution in [0.25, 0.3) is 0 Å². The Kier molecular flexibility index (Phi) is 1.90. The molecule has 0 atom stereocenters. The molecule has 0 saturated heterocycles. The molecular formula is C8H8N2O2S. The summed E-state index contributed by atoms with van der Waals surface area (Å²) in [6.45, 7) is 0.613. The molecule has 0 unspecified atom stereocenters. The molecule has 0 spiro atoms. The molecule has 1 aromatic rings. The van der Waals surface area contributed by atoms with Gasteiger partial charge in [-0.15, -0.1) is 0 Å². The average Bonchev–Trinajstić information content (AvgIpc) is 2.66. The standard InChI is InChI=1S/C8H8N2O2S/c9-1-2-10-7(11)5-3-13-4-6(5)8(10)12/h3-4H,1-2,9H2. The lowest BCUT2D eigenvalue weighted by molar-refractivity contribution is 0.0659. The van der Waals surface area contributed by atoms with Crippen LogP contribution in [0.1, 0.15) is 20.7 Å². The Balaban J connectivity index is 2.37. The van der Waals surface area contributed by atoms with Crippen LogP contribution in [-0.4, -0.2) is 29.8 Å². The highest BCUT2D eigenvalue weighted by Gasteiger charge is 2.35. The molecule has 0 aromatic carbocycles. The van der Waals surface area contributed by atoms with E-state index in [-0.39, 0.29) is 11.8 Å². The summed E-state index contributed by atoms with van der Waals surface area (Å²) in [7, 11) is 0. The first-order valence-corrected chi connectivity index (χ1v) is 4.82. The first kappa shape index (κ1) is 8.40. The van der Waals surface area contributed by atoms with Gasteiger partial charge in [0, 0.05) is 23.8 Å². The normalized spacial score (nSPS) is 15.3. The van der Waals surface area contributed by atoms with E-state index in [2.05, 4.69) is 0 Å². The van der Waals surface area contributed by atoms with Crippen LogP contribution in [0.2, 0.25) is 0 Å². The summed E-state index contributed by atoms with van der Waals surface area (Å²) in [5.74, 6) is -0.432. The van der Waals surface area contributed by atoms with Gasteiger partial charge in [0.1, 0.15) is 0 Å². The zero-order valence-electron chi connectivity index (χ0n) is 6.82. The van der Waals surface area contributed by atoms with E-state index in [1.54, 1.807) is 10.8 Å². The highest BCUT2D eigenvalue weighted by atomic mass is 32.1. The number of imide groups is 1. The Morgan fingerprint density at radius 3 is 2.23 bits per heavy atom. The predicted octanol–water partition coefficient (Wildman–Crippen LogP) is 0.303. The van der Waals surface area contributed by atoms with Crippen LogP contribution in [0.4, 0.5) is 0 Å². The fourth-order valence-electron chi connectivity index (χ4n) is 1.34. The smallest absolute Gasteiger partial charge is 0.262 e. The molecule has 0 saturated carbocycles. The summed E-state index contributed by atoms with van der Waals surface area (Å²) in [6, 6.07) is 0. The fourth-order valence-corrected chi connectivity index (χ4v) is 2.14. The third-order valence-corrected chi connectivity index (χ3v) is 2.71. The Morgan fingerprint density at radius 1 is 1.23 bits per heavy atom. The summed E-state index contributed by atoms with van der Waals surface area (Å²) in [6.07, 6.45) is 0. The van der Waals surface area contributed by atoms with Crippen molar-refractivity contribution in [1.29, 1.82) is 0 Å². The highest BCUT2D eigenvalue weighted by Crippen LogP contribution is 2.25. The molecule has 5 heteroatoms. The quantitative estimate of drug-likeness (QED) is 0.692. The van der Waals surface area contributed by atoms with Gasteiger partial charge in [0.15, 0.2) is 0 Å². The van der Waals surface area contributed by atoms with E-state index in [9.17, 15) is 9.59 Å². The van der Waals surface area contributed by atoms with E-state index < -0.39 is 0 Å². The van der Waals surface area contributed by atoms with E-state index in [1.165, 1.54) is 16.2 Å². The molecule has 4 nitrogen and oxygen atoms in total. The highest BCUT2D eigenvalue weighted by molar-refractivity contribution is 7.08. The van der Waals surface area contributed by atoms with Gasteiger partial charge >= 0.3 is 0 Å². The number of nitrogens with zero attached hydrogens (tertiary/aromatic N) is 1. The van der Waals surface area contributed by atoms with E-state index in [0.29, 0.717) is 24.2 Å². The molecule has 68 valence electrons.